The Morgan fingerprint density at radius 2 is 1.61 bits per heavy atom. The van der Waals surface area contributed by atoms with E-state index in [1.807, 2.05) is 0 Å². The van der Waals surface area contributed by atoms with Crippen LogP contribution >= 0.6 is 11.6 Å². The number of carbonyl (C=O) groups is 1. The standard InChI is InChI=1S/C22H20ClFN2O4S/c1-26(14-15-30-20-10-4-17(23)5-11-20)22(27)16-2-8-19(9-3-16)25-31(28,29)21-12-6-18(24)7-13-21/h2-13,25H,14-15H2,1H3. The number of sulfonamides is 1. The molecule has 162 valence electrons. The molecule has 3 rings (SSSR count). The van der Waals surface area contributed by atoms with Crippen molar-refractivity contribution in [2.75, 3.05) is 24.9 Å². The van der Waals surface area contributed by atoms with Crippen molar-refractivity contribution in [2.24, 2.45) is 0 Å². The summed E-state index contributed by atoms with van der Waals surface area (Å²) in [5, 5.41) is 0.614. The van der Waals surface area contributed by atoms with Crippen LogP contribution in [0.15, 0.2) is 77.7 Å². The Bertz CT molecular complexity index is 1140. The van der Waals surface area contributed by atoms with Crippen LogP contribution < -0.4 is 9.46 Å². The van der Waals surface area contributed by atoms with Crippen LogP contribution in [0.25, 0.3) is 0 Å². The Kier molecular flexibility index (Phi) is 7.14. The quantitative estimate of drug-likeness (QED) is 0.537. The number of carbonyl (C=O) groups excluding carboxylic acids is 1. The fourth-order valence-corrected chi connectivity index (χ4v) is 3.85. The molecular weight excluding hydrogens is 443 g/mol. The molecule has 31 heavy (non-hydrogen) atoms. The van der Waals surface area contributed by atoms with E-state index in [0.29, 0.717) is 29.5 Å². The zero-order valence-electron chi connectivity index (χ0n) is 16.6. The van der Waals surface area contributed by atoms with Gasteiger partial charge in [0.1, 0.15) is 18.2 Å². The normalized spacial score (nSPS) is 11.1. The van der Waals surface area contributed by atoms with Crippen LogP contribution in [0.5, 0.6) is 5.75 Å². The highest BCUT2D eigenvalue weighted by Gasteiger charge is 2.16. The summed E-state index contributed by atoms with van der Waals surface area (Å²) in [6.45, 7) is 0.667. The van der Waals surface area contributed by atoms with E-state index in [1.165, 1.54) is 41.3 Å². The lowest BCUT2D eigenvalue weighted by Gasteiger charge is -2.18. The summed E-state index contributed by atoms with van der Waals surface area (Å²) in [7, 11) is -2.21. The second-order valence-electron chi connectivity index (χ2n) is 6.67. The van der Waals surface area contributed by atoms with Crippen LogP contribution in [0.3, 0.4) is 0 Å². The first-order valence-corrected chi connectivity index (χ1v) is 11.1. The summed E-state index contributed by atoms with van der Waals surface area (Å²) in [6, 6.07) is 17.5. The molecule has 0 fully saturated rings. The van der Waals surface area contributed by atoms with Crippen molar-refractivity contribution in [3.05, 3.63) is 89.2 Å². The van der Waals surface area contributed by atoms with Crippen molar-refractivity contribution >= 4 is 33.2 Å². The second kappa shape index (κ2) is 9.80. The van der Waals surface area contributed by atoms with Gasteiger partial charge in [-0.15, -0.1) is 0 Å². The third-order valence-corrected chi connectivity index (χ3v) is 6.01. The van der Waals surface area contributed by atoms with Gasteiger partial charge in [0.2, 0.25) is 0 Å². The van der Waals surface area contributed by atoms with Gasteiger partial charge in [0.15, 0.2) is 0 Å². The number of anilines is 1. The molecule has 9 heteroatoms. The number of hydrogen-bond acceptors (Lipinski definition) is 4. The van der Waals surface area contributed by atoms with Crippen molar-refractivity contribution in [1.82, 2.24) is 4.90 Å². The minimum atomic E-state index is -3.86. The highest BCUT2D eigenvalue weighted by molar-refractivity contribution is 7.92. The molecule has 0 aliphatic carbocycles. The first kappa shape index (κ1) is 22.6. The monoisotopic (exact) mass is 462 g/mol. The lowest BCUT2D eigenvalue weighted by Crippen LogP contribution is -2.30. The molecule has 3 aromatic rings. The smallest absolute Gasteiger partial charge is 0.261 e. The van der Waals surface area contributed by atoms with Crippen molar-refractivity contribution in [3.8, 4) is 5.75 Å². The molecule has 0 radical (unpaired) electrons. The van der Waals surface area contributed by atoms with Gasteiger partial charge in [-0.25, -0.2) is 12.8 Å². The Morgan fingerprint density at radius 1 is 1.00 bits per heavy atom. The number of likely N-dealkylation sites (N-methyl/N-ethyl adjacent to an activating group) is 1. The summed E-state index contributed by atoms with van der Waals surface area (Å²) < 4.78 is 45.7. The van der Waals surface area contributed by atoms with E-state index in [9.17, 15) is 17.6 Å². The Morgan fingerprint density at radius 3 is 2.23 bits per heavy atom. The number of rotatable bonds is 8. The molecule has 0 aliphatic heterocycles. The van der Waals surface area contributed by atoms with Crippen molar-refractivity contribution in [1.29, 1.82) is 0 Å². The Hall–Kier alpha value is -3.10. The van der Waals surface area contributed by atoms with E-state index in [2.05, 4.69) is 4.72 Å². The molecule has 3 aromatic carbocycles. The zero-order chi connectivity index (χ0) is 22.4. The van der Waals surface area contributed by atoms with E-state index in [4.69, 9.17) is 16.3 Å². The maximum Gasteiger partial charge on any atom is 0.261 e. The van der Waals surface area contributed by atoms with Crippen LogP contribution in [-0.2, 0) is 10.0 Å². The number of hydrogen-bond donors (Lipinski definition) is 1. The molecule has 0 spiro atoms. The summed E-state index contributed by atoms with van der Waals surface area (Å²) >= 11 is 5.83. The van der Waals surface area contributed by atoms with Crippen LogP contribution in [0.4, 0.5) is 10.1 Å². The molecule has 1 N–H and O–H groups in total. The largest absolute Gasteiger partial charge is 0.492 e. The lowest BCUT2D eigenvalue weighted by molar-refractivity contribution is 0.0774. The molecule has 0 atom stereocenters. The first-order chi connectivity index (χ1) is 14.7. The predicted molar refractivity (Wildman–Crippen MR) is 118 cm³/mol. The molecule has 0 bridgehead atoms. The van der Waals surface area contributed by atoms with E-state index < -0.39 is 15.8 Å². The third-order valence-electron chi connectivity index (χ3n) is 4.36. The Labute approximate surface area is 185 Å². The van der Waals surface area contributed by atoms with Gasteiger partial charge in [0.05, 0.1) is 11.4 Å². The molecular formula is C22H20ClFN2O4S. The van der Waals surface area contributed by atoms with Crippen molar-refractivity contribution < 1.29 is 22.3 Å². The number of nitrogens with one attached hydrogen (secondary N) is 1. The van der Waals surface area contributed by atoms with Gasteiger partial charge >= 0.3 is 0 Å². The maximum absolute atomic E-state index is 13.0. The number of nitrogens with zero attached hydrogens (tertiary/aromatic N) is 1. The summed E-state index contributed by atoms with van der Waals surface area (Å²) in [6.07, 6.45) is 0. The van der Waals surface area contributed by atoms with E-state index in [0.717, 1.165) is 12.1 Å². The number of benzene rings is 3. The van der Waals surface area contributed by atoms with Gasteiger partial charge < -0.3 is 9.64 Å². The molecule has 0 saturated heterocycles. The van der Waals surface area contributed by atoms with Crippen LogP contribution in [0.2, 0.25) is 5.02 Å². The van der Waals surface area contributed by atoms with Crippen molar-refractivity contribution in [3.63, 3.8) is 0 Å². The van der Waals surface area contributed by atoms with Gasteiger partial charge in [0, 0.05) is 23.3 Å². The number of amides is 1. The number of ether oxygens (including phenoxy) is 1. The van der Waals surface area contributed by atoms with Crippen LogP contribution in [0.1, 0.15) is 10.4 Å². The highest BCUT2D eigenvalue weighted by Crippen LogP contribution is 2.18. The zero-order valence-corrected chi connectivity index (χ0v) is 18.2. The molecule has 0 unspecified atom stereocenters. The summed E-state index contributed by atoms with van der Waals surface area (Å²) in [5.41, 5.74) is 0.688. The van der Waals surface area contributed by atoms with Gasteiger partial charge in [0.25, 0.3) is 15.9 Å². The van der Waals surface area contributed by atoms with Gasteiger partial charge in [-0.2, -0.15) is 0 Å². The highest BCUT2D eigenvalue weighted by atomic mass is 35.5. The fourth-order valence-electron chi connectivity index (χ4n) is 2.66. The van der Waals surface area contributed by atoms with Crippen molar-refractivity contribution in [2.45, 2.75) is 4.90 Å². The molecule has 0 heterocycles. The Balaban J connectivity index is 1.56. The van der Waals surface area contributed by atoms with Crippen LogP contribution in [-0.4, -0.2) is 39.4 Å². The molecule has 1 amide bonds. The van der Waals surface area contributed by atoms with Gasteiger partial charge in [-0.05, 0) is 72.8 Å². The number of halogens is 2. The first-order valence-electron chi connectivity index (χ1n) is 9.27. The lowest BCUT2D eigenvalue weighted by atomic mass is 10.2. The van der Waals surface area contributed by atoms with E-state index in [-0.39, 0.29) is 16.5 Å². The minimum absolute atomic E-state index is 0.0607. The topological polar surface area (TPSA) is 75.7 Å². The second-order valence-corrected chi connectivity index (χ2v) is 8.78. The molecule has 6 nitrogen and oxygen atoms in total. The summed E-state index contributed by atoms with van der Waals surface area (Å²) in [4.78, 5) is 14.0. The third kappa shape index (κ3) is 6.19. The maximum atomic E-state index is 13.0. The van der Waals surface area contributed by atoms with E-state index in [1.54, 1.807) is 31.3 Å². The fraction of sp³-hybridized carbons (Fsp3) is 0.136. The molecule has 0 aromatic heterocycles. The van der Waals surface area contributed by atoms with Crippen LogP contribution in [0, 0.1) is 5.82 Å². The van der Waals surface area contributed by atoms with Gasteiger partial charge in [-0.3, -0.25) is 9.52 Å². The minimum Gasteiger partial charge on any atom is -0.492 e. The molecule has 0 saturated carbocycles. The SMILES string of the molecule is CN(CCOc1ccc(Cl)cc1)C(=O)c1ccc(NS(=O)(=O)c2ccc(F)cc2)cc1. The average Bonchev–Trinajstić information content (AvgIpc) is 2.75. The van der Waals surface area contributed by atoms with E-state index >= 15 is 0 Å². The van der Waals surface area contributed by atoms with Gasteiger partial charge in [-0.1, -0.05) is 11.6 Å². The average molecular weight is 463 g/mol. The molecule has 0 aliphatic rings. The predicted octanol–water partition coefficient (Wildman–Crippen LogP) is 4.43. The summed E-state index contributed by atoms with van der Waals surface area (Å²) in [5.74, 6) is -0.0970.